The Kier molecular flexibility index (Phi) is 6.43. The molecule has 156 valence electrons. The molecule has 10 heteroatoms. The smallest absolute Gasteiger partial charge is 0.435 e. The van der Waals surface area contributed by atoms with Gasteiger partial charge in [-0.1, -0.05) is 0 Å². The number of aryl methyl sites for hydroxylation is 3. The topological polar surface area (TPSA) is 87.6 Å². The van der Waals surface area contributed by atoms with Gasteiger partial charge in [-0.15, -0.1) is 0 Å². The third kappa shape index (κ3) is 5.28. The Morgan fingerprint density at radius 3 is 2.54 bits per heavy atom. The highest BCUT2D eigenvalue weighted by atomic mass is 19.4. The molecule has 2 aromatic heterocycles. The van der Waals surface area contributed by atoms with Gasteiger partial charge in [0.25, 0.3) is 0 Å². The second-order valence-corrected chi connectivity index (χ2v) is 6.82. The van der Waals surface area contributed by atoms with E-state index in [2.05, 4.69) is 20.7 Å². The Balaban J connectivity index is 2.14. The molecule has 3 N–H and O–H groups in total. The minimum Gasteiger partial charge on any atom is -0.466 e. The van der Waals surface area contributed by atoms with E-state index in [1.54, 1.807) is 26.8 Å². The Labute approximate surface area is 161 Å². The third-order valence-electron chi connectivity index (χ3n) is 4.15. The summed E-state index contributed by atoms with van der Waals surface area (Å²) in [6.07, 6.45) is -3.25. The fourth-order valence-corrected chi connectivity index (χ4v) is 2.91. The molecule has 0 bridgehead atoms. The molecule has 0 fully saturated rings. The van der Waals surface area contributed by atoms with Crippen molar-refractivity contribution in [2.45, 2.75) is 46.0 Å². The monoisotopic (exact) mass is 401 g/mol. The molecular formula is C18H26F3N5O2. The lowest BCUT2D eigenvalue weighted by molar-refractivity contribution is -0.142. The van der Waals surface area contributed by atoms with E-state index in [9.17, 15) is 18.3 Å². The molecule has 2 rings (SSSR count). The summed E-state index contributed by atoms with van der Waals surface area (Å²) in [6.45, 7) is 7.42. The number of alkyl halides is 3. The van der Waals surface area contributed by atoms with Crippen molar-refractivity contribution in [1.82, 2.24) is 20.4 Å². The Bertz CT molecular complexity index is 837. The normalized spacial score (nSPS) is 14.8. The fourth-order valence-electron chi connectivity index (χ4n) is 2.91. The molecule has 0 saturated heterocycles. The number of aliphatic imine (C=N–C) groups is 1. The van der Waals surface area contributed by atoms with Crippen molar-refractivity contribution in [1.29, 1.82) is 0 Å². The van der Waals surface area contributed by atoms with Gasteiger partial charge in [0.05, 0.1) is 13.1 Å². The van der Waals surface area contributed by atoms with Crippen LogP contribution in [0.15, 0.2) is 21.7 Å². The number of rotatable bonds is 6. The van der Waals surface area contributed by atoms with E-state index >= 15 is 0 Å². The molecule has 0 amide bonds. The van der Waals surface area contributed by atoms with Gasteiger partial charge < -0.3 is 20.2 Å². The first kappa shape index (κ1) is 21.8. The number of halogens is 3. The van der Waals surface area contributed by atoms with Crippen LogP contribution in [0.5, 0.6) is 0 Å². The molecule has 0 aliphatic heterocycles. The van der Waals surface area contributed by atoms with Crippen LogP contribution in [-0.4, -0.2) is 33.9 Å². The first-order valence-electron chi connectivity index (χ1n) is 8.86. The Hall–Kier alpha value is -2.49. The first-order valence-corrected chi connectivity index (χ1v) is 8.86. The van der Waals surface area contributed by atoms with Gasteiger partial charge in [0.2, 0.25) is 0 Å². The Morgan fingerprint density at radius 1 is 1.32 bits per heavy atom. The molecule has 2 aromatic rings. The lowest BCUT2D eigenvalue weighted by Gasteiger charge is -2.24. The SMILES string of the molecule is CCNC(=NCc1cn(C)nc1C(F)(F)F)NCC(C)(O)c1cc(C)oc1C. The summed E-state index contributed by atoms with van der Waals surface area (Å²) in [5.41, 5.74) is -1.59. The van der Waals surface area contributed by atoms with E-state index in [-0.39, 0.29) is 24.6 Å². The molecule has 0 saturated carbocycles. The molecule has 28 heavy (non-hydrogen) atoms. The van der Waals surface area contributed by atoms with E-state index in [1.807, 2.05) is 6.92 Å². The van der Waals surface area contributed by atoms with Crippen LogP contribution in [0.1, 0.15) is 42.2 Å². The van der Waals surface area contributed by atoms with Crippen LogP contribution < -0.4 is 10.6 Å². The zero-order valence-corrected chi connectivity index (χ0v) is 16.6. The lowest BCUT2D eigenvalue weighted by Crippen LogP contribution is -2.44. The number of nitrogens with zero attached hydrogens (tertiary/aromatic N) is 3. The van der Waals surface area contributed by atoms with E-state index in [4.69, 9.17) is 4.42 Å². The van der Waals surface area contributed by atoms with Crippen molar-refractivity contribution in [3.8, 4) is 0 Å². The van der Waals surface area contributed by atoms with Gasteiger partial charge in [-0.05, 0) is 33.8 Å². The van der Waals surface area contributed by atoms with E-state index < -0.39 is 17.5 Å². The third-order valence-corrected chi connectivity index (χ3v) is 4.15. The van der Waals surface area contributed by atoms with E-state index in [1.165, 1.54) is 13.2 Å². The molecule has 0 aromatic carbocycles. The van der Waals surface area contributed by atoms with Gasteiger partial charge in [0, 0.05) is 30.9 Å². The van der Waals surface area contributed by atoms with Crippen LogP contribution >= 0.6 is 0 Å². The van der Waals surface area contributed by atoms with Gasteiger partial charge in [-0.3, -0.25) is 4.68 Å². The maximum atomic E-state index is 13.1. The molecule has 0 aliphatic carbocycles. The zero-order valence-electron chi connectivity index (χ0n) is 16.6. The van der Waals surface area contributed by atoms with Crippen LogP contribution in [0.25, 0.3) is 0 Å². The second kappa shape index (κ2) is 8.26. The molecule has 1 unspecified atom stereocenters. The van der Waals surface area contributed by atoms with Gasteiger partial charge in [-0.25, -0.2) is 4.99 Å². The van der Waals surface area contributed by atoms with Crippen LogP contribution in [0, 0.1) is 13.8 Å². The molecule has 0 radical (unpaired) electrons. The van der Waals surface area contributed by atoms with Gasteiger partial charge >= 0.3 is 6.18 Å². The summed E-state index contributed by atoms with van der Waals surface area (Å²) in [5.74, 6) is 1.58. The predicted octanol–water partition coefficient (Wildman–Crippen LogP) is 2.61. The van der Waals surface area contributed by atoms with Gasteiger partial charge in [-0.2, -0.15) is 18.3 Å². The fraction of sp³-hybridized carbons (Fsp3) is 0.556. The lowest BCUT2D eigenvalue weighted by atomic mass is 9.96. The van der Waals surface area contributed by atoms with Crippen LogP contribution in [0.3, 0.4) is 0 Å². The highest BCUT2D eigenvalue weighted by molar-refractivity contribution is 5.79. The number of aliphatic hydroxyl groups is 1. The molecule has 7 nitrogen and oxygen atoms in total. The van der Waals surface area contributed by atoms with Crippen molar-refractivity contribution in [2.24, 2.45) is 12.0 Å². The van der Waals surface area contributed by atoms with E-state index in [0.717, 1.165) is 4.68 Å². The summed E-state index contributed by atoms with van der Waals surface area (Å²) in [5, 5.41) is 20.2. The standard InChI is InChI=1S/C18H26F3N5O2/c1-6-22-16(23-8-13-9-26(5)25-15(13)18(19,20)21)24-10-17(4,27)14-7-11(2)28-12(14)3/h7,9,27H,6,8,10H2,1-5H3,(H2,22,23,24). The van der Waals surface area contributed by atoms with Crippen molar-refractivity contribution < 1.29 is 22.7 Å². The average Bonchev–Trinajstić information content (AvgIpc) is 3.12. The van der Waals surface area contributed by atoms with Crippen LogP contribution in [0.2, 0.25) is 0 Å². The number of guanidine groups is 1. The highest BCUT2D eigenvalue weighted by Crippen LogP contribution is 2.31. The zero-order chi connectivity index (χ0) is 21.1. The summed E-state index contributed by atoms with van der Waals surface area (Å²) < 4.78 is 45.8. The molecule has 0 spiro atoms. The van der Waals surface area contributed by atoms with Crippen molar-refractivity contribution in [3.05, 3.63) is 40.6 Å². The number of aromatic nitrogens is 2. The van der Waals surface area contributed by atoms with E-state index in [0.29, 0.717) is 23.6 Å². The van der Waals surface area contributed by atoms with Gasteiger partial charge in [0.1, 0.15) is 17.1 Å². The summed E-state index contributed by atoms with van der Waals surface area (Å²) in [7, 11) is 1.43. The highest BCUT2D eigenvalue weighted by Gasteiger charge is 2.36. The summed E-state index contributed by atoms with van der Waals surface area (Å²) in [6, 6.07) is 1.76. The second-order valence-electron chi connectivity index (χ2n) is 6.82. The maximum absolute atomic E-state index is 13.1. The maximum Gasteiger partial charge on any atom is 0.435 e. The minimum absolute atomic E-state index is 0.0275. The van der Waals surface area contributed by atoms with Crippen molar-refractivity contribution in [3.63, 3.8) is 0 Å². The van der Waals surface area contributed by atoms with Crippen LogP contribution in [-0.2, 0) is 25.4 Å². The first-order chi connectivity index (χ1) is 12.9. The summed E-state index contributed by atoms with van der Waals surface area (Å²) >= 11 is 0. The number of hydrogen-bond acceptors (Lipinski definition) is 4. The molecular weight excluding hydrogens is 375 g/mol. The molecule has 2 heterocycles. The molecule has 1 atom stereocenters. The Morgan fingerprint density at radius 2 is 2.00 bits per heavy atom. The predicted molar refractivity (Wildman–Crippen MR) is 98.8 cm³/mol. The van der Waals surface area contributed by atoms with Gasteiger partial charge in [0.15, 0.2) is 11.7 Å². The minimum atomic E-state index is -4.54. The average molecular weight is 401 g/mol. The number of hydrogen-bond donors (Lipinski definition) is 3. The van der Waals surface area contributed by atoms with Crippen LogP contribution in [0.4, 0.5) is 13.2 Å². The van der Waals surface area contributed by atoms with Crippen molar-refractivity contribution >= 4 is 5.96 Å². The van der Waals surface area contributed by atoms with Crippen molar-refractivity contribution in [2.75, 3.05) is 13.1 Å². The quantitative estimate of drug-likeness (QED) is 0.512. The summed E-state index contributed by atoms with van der Waals surface area (Å²) in [4.78, 5) is 4.20. The number of furan rings is 1. The molecule has 0 aliphatic rings. The number of nitrogens with one attached hydrogen (secondary N) is 2. The largest absolute Gasteiger partial charge is 0.466 e.